The molecule has 4 heteroatoms. The van der Waals surface area contributed by atoms with Crippen molar-refractivity contribution in [1.82, 2.24) is 9.13 Å². The average molecular weight is 879 g/mol. The Hall–Kier alpha value is -4.12. The zero-order valence-electron chi connectivity index (χ0n) is 33.6. The van der Waals surface area contributed by atoms with E-state index in [0.717, 1.165) is 22.0 Å². The Morgan fingerprint density at radius 3 is 1.26 bits per heavy atom. The van der Waals surface area contributed by atoms with Gasteiger partial charge in [-0.2, -0.15) is 0 Å². The molecule has 0 saturated carbocycles. The minimum Gasteiger partial charge on any atom is -0.340 e. The fourth-order valence-electron chi connectivity index (χ4n) is 10.2. The normalized spacial score (nSPS) is 13.3. The number of rotatable bonds is 16. The van der Waals surface area contributed by atoms with Crippen LogP contribution in [0.1, 0.15) is 113 Å². The van der Waals surface area contributed by atoms with Crippen molar-refractivity contribution < 1.29 is 0 Å². The van der Waals surface area contributed by atoms with Crippen molar-refractivity contribution in [2.24, 2.45) is 0 Å². The summed E-state index contributed by atoms with van der Waals surface area (Å²) < 4.78 is 7.39. The van der Waals surface area contributed by atoms with Gasteiger partial charge in [-0.25, -0.2) is 0 Å². The zero-order chi connectivity index (χ0) is 38.9. The summed E-state index contributed by atoms with van der Waals surface area (Å²) in [4.78, 5) is 0. The van der Waals surface area contributed by atoms with E-state index in [1.165, 1.54) is 154 Å². The van der Waals surface area contributed by atoms with Gasteiger partial charge < -0.3 is 9.13 Å². The molecule has 0 saturated heterocycles. The van der Waals surface area contributed by atoms with Crippen LogP contribution in [0.2, 0.25) is 0 Å². The van der Waals surface area contributed by atoms with E-state index in [4.69, 9.17) is 0 Å². The number of fused-ring (bicyclic) bond motifs is 9. The van der Waals surface area contributed by atoms with Crippen LogP contribution in [0.3, 0.4) is 0 Å². The number of hydrogen-bond acceptors (Lipinski definition) is 0. The van der Waals surface area contributed by atoms with E-state index >= 15 is 0 Å². The van der Waals surface area contributed by atoms with Crippen molar-refractivity contribution in [2.45, 2.75) is 109 Å². The monoisotopic (exact) mass is 876 g/mol. The third-order valence-electron chi connectivity index (χ3n) is 12.9. The minimum atomic E-state index is -0.536. The van der Waals surface area contributed by atoms with Gasteiger partial charge in [-0.3, -0.25) is 0 Å². The van der Waals surface area contributed by atoms with Crippen LogP contribution in [0.25, 0.3) is 54.7 Å². The molecule has 0 spiro atoms. The summed E-state index contributed by atoms with van der Waals surface area (Å²) >= 11 is 7.89. The number of aryl methyl sites for hydroxylation is 2. The highest BCUT2D eigenvalue weighted by Gasteiger charge is 2.47. The summed E-state index contributed by atoms with van der Waals surface area (Å²) in [6, 6.07) is 46.8. The molecule has 0 unspecified atom stereocenters. The number of hydrogen-bond donors (Lipinski definition) is 0. The molecular formula is C53H54Br2N2. The quantitative estimate of drug-likeness (QED) is 0.0856. The zero-order valence-corrected chi connectivity index (χ0v) is 36.8. The van der Waals surface area contributed by atoms with Crippen molar-refractivity contribution in [1.29, 1.82) is 0 Å². The largest absolute Gasteiger partial charge is 0.340 e. The molecule has 290 valence electrons. The SMILES string of the molecule is CCCCCCCCn1c2ccccc2c2cc(C3(c4ccc5c(c4)c4ccccc4n5CCCCCCCC)c4cc(Br)ccc4-c4ccc(Br)cc43)ccc21. The van der Waals surface area contributed by atoms with Crippen LogP contribution < -0.4 is 0 Å². The highest BCUT2D eigenvalue weighted by molar-refractivity contribution is 9.10. The molecular weight excluding hydrogens is 824 g/mol. The van der Waals surface area contributed by atoms with Crippen LogP contribution >= 0.6 is 31.9 Å². The molecule has 2 nitrogen and oxygen atoms in total. The summed E-state index contributed by atoms with van der Waals surface area (Å²) in [5, 5.41) is 5.35. The second-order valence-corrected chi connectivity index (χ2v) is 18.3. The molecule has 0 amide bonds. The summed E-state index contributed by atoms with van der Waals surface area (Å²) in [5.41, 5.74) is 12.7. The van der Waals surface area contributed by atoms with Gasteiger partial charge in [0.2, 0.25) is 0 Å². The predicted octanol–water partition coefficient (Wildman–Crippen LogP) is 16.5. The van der Waals surface area contributed by atoms with Gasteiger partial charge in [0.1, 0.15) is 0 Å². The lowest BCUT2D eigenvalue weighted by Crippen LogP contribution is -2.28. The van der Waals surface area contributed by atoms with E-state index in [9.17, 15) is 0 Å². The average Bonchev–Trinajstić information content (AvgIpc) is 3.83. The highest BCUT2D eigenvalue weighted by atomic mass is 79.9. The van der Waals surface area contributed by atoms with Gasteiger partial charge in [0.25, 0.3) is 0 Å². The number of aromatic nitrogens is 2. The standard InChI is InChI=1S/C53H54Br2N2/c1-3-5-7-9-11-17-31-56-49-21-15-13-19-43(49)45-33-37(23-29-51(45)56)53(47-35-39(54)25-27-41(47)42-28-26-40(55)36-48(42)53)38-24-30-52-46(34-38)44-20-14-16-22-50(44)57(52)32-18-12-10-8-6-4-2/h13-16,19-30,33-36H,3-12,17-18,31-32H2,1-2H3. The molecule has 2 aromatic heterocycles. The third kappa shape index (κ3) is 6.79. The molecule has 0 bridgehead atoms. The van der Waals surface area contributed by atoms with Gasteiger partial charge in [0.15, 0.2) is 0 Å². The van der Waals surface area contributed by atoms with Crippen LogP contribution in [0.4, 0.5) is 0 Å². The van der Waals surface area contributed by atoms with E-state index in [1.54, 1.807) is 0 Å². The van der Waals surface area contributed by atoms with Crippen molar-refractivity contribution >= 4 is 75.5 Å². The lowest BCUT2D eigenvalue weighted by Gasteiger charge is -2.34. The van der Waals surface area contributed by atoms with Crippen LogP contribution in [-0.2, 0) is 18.5 Å². The molecule has 1 aliphatic carbocycles. The van der Waals surface area contributed by atoms with Gasteiger partial charge >= 0.3 is 0 Å². The lowest BCUT2D eigenvalue weighted by molar-refractivity contribution is 0.571. The van der Waals surface area contributed by atoms with Crippen molar-refractivity contribution in [2.75, 3.05) is 0 Å². The van der Waals surface area contributed by atoms with Gasteiger partial charge in [0.05, 0.1) is 5.41 Å². The van der Waals surface area contributed by atoms with Gasteiger partial charge in [-0.15, -0.1) is 0 Å². The van der Waals surface area contributed by atoms with Crippen LogP contribution in [0.15, 0.2) is 130 Å². The van der Waals surface area contributed by atoms with E-state index in [0.29, 0.717) is 0 Å². The second kappa shape index (κ2) is 16.6. The lowest BCUT2D eigenvalue weighted by atomic mass is 9.67. The first kappa shape index (κ1) is 38.4. The van der Waals surface area contributed by atoms with Crippen LogP contribution in [0.5, 0.6) is 0 Å². The maximum absolute atomic E-state index is 3.94. The number of nitrogens with zero attached hydrogens (tertiary/aromatic N) is 2. The van der Waals surface area contributed by atoms with Crippen molar-refractivity contribution in [3.63, 3.8) is 0 Å². The van der Waals surface area contributed by atoms with E-state index < -0.39 is 5.41 Å². The summed E-state index contributed by atoms with van der Waals surface area (Å²) in [7, 11) is 0. The highest BCUT2D eigenvalue weighted by Crippen LogP contribution is 2.58. The van der Waals surface area contributed by atoms with Crippen LogP contribution in [-0.4, -0.2) is 9.13 Å². The number of benzene rings is 6. The Morgan fingerprint density at radius 2 is 0.807 bits per heavy atom. The number of unbranched alkanes of at least 4 members (excludes halogenated alkanes) is 10. The molecule has 57 heavy (non-hydrogen) atoms. The Balaban J connectivity index is 1.24. The summed E-state index contributed by atoms with van der Waals surface area (Å²) in [6.07, 6.45) is 15.6. The third-order valence-corrected chi connectivity index (χ3v) is 13.9. The molecule has 0 radical (unpaired) electrons. The van der Waals surface area contributed by atoms with Crippen molar-refractivity contribution in [3.8, 4) is 11.1 Å². The maximum Gasteiger partial charge on any atom is 0.0714 e. The Morgan fingerprint density at radius 1 is 0.404 bits per heavy atom. The first-order chi connectivity index (χ1) is 28.0. The molecule has 0 fully saturated rings. The fraction of sp³-hybridized carbons (Fsp3) is 0.321. The molecule has 0 N–H and O–H groups in total. The topological polar surface area (TPSA) is 9.86 Å². The molecule has 2 heterocycles. The van der Waals surface area contributed by atoms with Gasteiger partial charge in [-0.05, 0) is 107 Å². The Labute approximate surface area is 355 Å². The minimum absolute atomic E-state index is 0.536. The van der Waals surface area contributed by atoms with Gasteiger partial charge in [-0.1, -0.05) is 171 Å². The van der Waals surface area contributed by atoms with E-state index in [1.807, 2.05) is 0 Å². The smallest absolute Gasteiger partial charge is 0.0714 e. The van der Waals surface area contributed by atoms with Crippen molar-refractivity contribution in [3.05, 3.63) is 153 Å². The van der Waals surface area contributed by atoms with Crippen LogP contribution in [0, 0.1) is 0 Å². The molecule has 0 atom stereocenters. The molecule has 0 aliphatic heterocycles. The first-order valence-corrected chi connectivity index (χ1v) is 23.3. The molecule has 9 rings (SSSR count). The van der Waals surface area contributed by atoms with E-state index in [2.05, 4.69) is 176 Å². The Kier molecular flexibility index (Phi) is 11.2. The number of para-hydroxylation sites is 2. The fourth-order valence-corrected chi connectivity index (χ4v) is 10.9. The molecule has 1 aliphatic rings. The predicted molar refractivity (Wildman–Crippen MR) is 252 cm³/mol. The Bertz CT molecular complexity index is 2530. The summed E-state index contributed by atoms with van der Waals surface area (Å²) in [5.74, 6) is 0. The van der Waals surface area contributed by atoms with Gasteiger partial charge in [0, 0.05) is 65.6 Å². The number of halogens is 2. The molecule has 8 aromatic rings. The second-order valence-electron chi connectivity index (χ2n) is 16.5. The summed E-state index contributed by atoms with van der Waals surface area (Å²) in [6.45, 7) is 6.69. The maximum atomic E-state index is 3.94. The van der Waals surface area contributed by atoms with E-state index in [-0.39, 0.29) is 0 Å². The molecule has 6 aromatic carbocycles. The first-order valence-electron chi connectivity index (χ1n) is 21.7.